The number of nitro groups is 1. The van der Waals surface area contributed by atoms with Crippen LogP contribution in [-0.4, -0.2) is 49.0 Å². The molecule has 3 rings (SSSR count). The standard InChI is InChI=1S/C19H26FN3O4/c1-27-18-13-16(17(23(25)26)12-15(18)20)21-7-9-22(10-8-21)19(24)11-14-5-3-2-4-6-14/h12-14H,2-11H2,1H3. The molecule has 0 bridgehead atoms. The highest BCUT2D eigenvalue weighted by Crippen LogP contribution is 2.35. The number of benzene rings is 1. The summed E-state index contributed by atoms with van der Waals surface area (Å²) in [5.41, 5.74) is 0.0490. The first-order valence-electron chi connectivity index (χ1n) is 9.54. The van der Waals surface area contributed by atoms with E-state index in [0.29, 0.717) is 44.2 Å². The molecule has 0 aromatic heterocycles. The van der Waals surface area contributed by atoms with Gasteiger partial charge in [0.15, 0.2) is 11.6 Å². The van der Waals surface area contributed by atoms with E-state index >= 15 is 0 Å². The number of piperazine rings is 1. The second kappa shape index (κ2) is 8.54. The van der Waals surface area contributed by atoms with E-state index in [1.54, 1.807) is 0 Å². The summed E-state index contributed by atoms with van der Waals surface area (Å²) in [5, 5.41) is 11.3. The van der Waals surface area contributed by atoms with Gasteiger partial charge in [0.05, 0.1) is 18.1 Å². The molecule has 1 amide bonds. The molecule has 1 aliphatic carbocycles. The van der Waals surface area contributed by atoms with Crippen LogP contribution in [0.15, 0.2) is 12.1 Å². The van der Waals surface area contributed by atoms with Gasteiger partial charge in [-0.3, -0.25) is 14.9 Å². The molecule has 0 radical (unpaired) electrons. The number of methoxy groups -OCH3 is 1. The molecule has 1 saturated carbocycles. The van der Waals surface area contributed by atoms with Crippen LogP contribution in [-0.2, 0) is 4.79 Å². The van der Waals surface area contributed by atoms with Crippen molar-refractivity contribution in [1.82, 2.24) is 4.90 Å². The molecule has 1 aliphatic heterocycles. The SMILES string of the molecule is COc1cc(N2CCN(C(=O)CC3CCCCC3)CC2)c([N+](=O)[O-])cc1F. The van der Waals surface area contributed by atoms with Gasteiger partial charge in [-0.25, -0.2) is 4.39 Å². The van der Waals surface area contributed by atoms with Gasteiger partial charge in [-0.1, -0.05) is 19.3 Å². The van der Waals surface area contributed by atoms with Gasteiger partial charge in [0, 0.05) is 38.7 Å². The van der Waals surface area contributed by atoms with Crippen LogP contribution in [0.4, 0.5) is 15.8 Å². The molecule has 148 valence electrons. The molecular formula is C19H26FN3O4. The Labute approximate surface area is 158 Å². The van der Waals surface area contributed by atoms with Gasteiger partial charge in [0.2, 0.25) is 5.91 Å². The summed E-state index contributed by atoms with van der Waals surface area (Å²) in [5.74, 6) is -0.111. The Kier molecular flexibility index (Phi) is 6.13. The monoisotopic (exact) mass is 379 g/mol. The number of rotatable bonds is 5. The smallest absolute Gasteiger partial charge is 0.295 e. The summed E-state index contributed by atoms with van der Waals surface area (Å²) < 4.78 is 18.8. The highest BCUT2D eigenvalue weighted by atomic mass is 19.1. The third kappa shape index (κ3) is 4.48. The molecule has 0 N–H and O–H groups in total. The van der Waals surface area contributed by atoms with Gasteiger partial charge < -0.3 is 14.5 Å². The van der Waals surface area contributed by atoms with Gasteiger partial charge in [-0.05, 0) is 18.8 Å². The van der Waals surface area contributed by atoms with E-state index in [0.717, 1.165) is 18.9 Å². The molecule has 1 aromatic rings. The van der Waals surface area contributed by atoms with Crippen LogP contribution < -0.4 is 9.64 Å². The van der Waals surface area contributed by atoms with Crippen molar-refractivity contribution in [1.29, 1.82) is 0 Å². The van der Waals surface area contributed by atoms with Crippen LogP contribution in [0.1, 0.15) is 38.5 Å². The molecule has 0 unspecified atom stereocenters. The number of ether oxygens (including phenoxy) is 1. The Morgan fingerprint density at radius 1 is 1.22 bits per heavy atom. The van der Waals surface area contributed by atoms with E-state index in [2.05, 4.69) is 0 Å². The molecule has 1 aromatic carbocycles. The predicted molar refractivity (Wildman–Crippen MR) is 99.6 cm³/mol. The number of anilines is 1. The highest BCUT2D eigenvalue weighted by molar-refractivity contribution is 5.77. The fourth-order valence-electron chi connectivity index (χ4n) is 4.05. The van der Waals surface area contributed by atoms with Gasteiger partial charge in [0.1, 0.15) is 5.69 Å². The summed E-state index contributed by atoms with van der Waals surface area (Å²) >= 11 is 0. The van der Waals surface area contributed by atoms with E-state index in [9.17, 15) is 19.3 Å². The Bertz CT molecular complexity index is 698. The van der Waals surface area contributed by atoms with Crippen molar-refractivity contribution in [3.05, 3.63) is 28.1 Å². The van der Waals surface area contributed by atoms with Crippen molar-refractivity contribution in [2.45, 2.75) is 38.5 Å². The first-order chi connectivity index (χ1) is 13.0. The average molecular weight is 379 g/mol. The molecule has 7 nitrogen and oxygen atoms in total. The minimum absolute atomic E-state index is 0.0218. The third-order valence-electron chi connectivity index (χ3n) is 5.61. The van der Waals surface area contributed by atoms with Crippen LogP contribution in [0.2, 0.25) is 0 Å². The lowest BCUT2D eigenvalue weighted by molar-refractivity contribution is -0.384. The summed E-state index contributed by atoms with van der Waals surface area (Å²) in [4.78, 5) is 27.0. The van der Waals surface area contributed by atoms with Crippen LogP contribution in [0.25, 0.3) is 0 Å². The Morgan fingerprint density at radius 2 is 1.89 bits per heavy atom. The maximum Gasteiger partial charge on any atom is 0.295 e. The zero-order chi connectivity index (χ0) is 19.4. The lowest BCUT2D eigenvalue weighted by atomic mass is 9.86. The summed E-state index contributed by atoms with van der Waals surface area (Å²) in [7, 11) is 1.33. The second-order valence-electron chi connectivity index (χ2n) is 7.31. The number of carbonyl (C=O) groups is 1. The number of nitrogens with zero attached hydrogens (tertiary/aromatic N) is 3. The molecule has 1 saturated heterocycles. The van der Waals surface area contributed by atoms with Crippen molar-refractivity contribution >= 4 is 17.3 Å². The number of carbonyl (C=O) groups excluding carboxylic acids is 1. The van der Waals surface area contributed by atoms with Crippen molar-refractivity contribution in [2.75, 3.05) is 38.2 Å². The molecule has 2 aliphatic rings. The maximum absolute atomic E-state index is 13.8. The zero-order valence-corrected chi connectivity index (χ0v) is 15.7. The van der Waals surface area contributed by atoms with E-state index in [-0.39, 0.29) is 17.3 Å². The molecular weight excluding hydrogens is 353 g/mol. The van der Waals surface area contributed by atoms with Crippen molar-refractivity contribution < 1.29 is 18.8 Å². The zero-order valence-electron chi connectivity index (χ0n) is 15.7. The molecule has 8 heteroatoms. The van der Waals surface area contributed by atoms with E-state index in [1.165, 1.54) is 32.4 Å². The van der Waals surface area contributed by atoms with Gasteiger partial charge in [-0.2, -0.15) is 0 Å². The quantitative estimate of drug-likeness (QED) is 0.579. The van der Waals surface area contributed by atoms with Crippen molar-refractivity contribution in [3.63, 3.8) is 0 Å². The maximum atomic E-state index is 13.8. The number of halogens is 1. The van der Waals surface area contributed by atoms with Crippen LogP contribution in [0, 0.1) is 21.8 Å². The summed E-state index contributed by atoms with van der Waals surface area (Å²) in [6, 6.07) is 2.27. The van der Waals surface area contributed by atoms with Crippen LogP contribution >= 0.6 is 0 Å². The number of amides is 1. The Hall–Kier alpha value is -2.38. The van der Waals surface area contributed by atoms with E-state index < -0.39 is 10.7 Å². The van der Waals surface area contributed by atoms with Gasteiger partial charge in [-0.15, -0.1) is 0 Å². The topological polar surface area (TPSA) is 75.9 Å². The molecule has 1 heterocycles. The molecule has 0 atom stereocenters. The summed E-state index contributed by atoms with van der Waals surface area (Å²) in [6.07, 6.45) is 6.55. The number of nitro benzene ring substituents is 1. The number of hydrogen-bond donors (Lipinski definition) is 0. The first kappa shape index (κ1) is 19.4. The first-order valence-corrected chi connectivity index (χ1v) is 9.54. The molecule has 2 fully saturated rings. The molecule has 0 spiro atoms. The fraction of sp³-hybridized carbons (Fsp3) is 0.632. The lowest BCUT2D eigenvalue weighted by Crippen LogP contribution is -2.49. The second-order valence-corrected chi connectivity index (χ2v) is 7.31. The largest absolute Gasteiger partial charge is 0.494 e. The van der Waals surface area contributed by atoms with E-state index in [4.69, 9.17) is 4.74 Å². The predicted octanol–water partition coefficient (Wildman–Crippen LogP) is 3.36. The summed E-state index contributed by atoms with van der Waals surface area (Å²) in [6.45, 7) is 1.99. The van der Waals surface area contributed by atoms with E-state index in [1.807, 2.05) is 9.80 Å². The van der Waals surface area contributed by atoms with Crippen molar-refractivity contribution in [3.8, 4) is 5.75 Å². The highest BCUT2D eigenvalue weighted by Gasteiger charge is 2.29. The van der Waals surface area contributed by atoms with Crippen LogP contribution in [0.5, 0.6) is 5.75 Å². The normalized spacial score (nSPS) is 18.4. The van der Waals surface area contributed by atoms with Crippen molar-refractivity contribution in [2.24, 2.45) is 5.92 Å². The average Bonchev–Trinajstić information content (AvgIpc) is 2.68. The minimum Gasteiger partial charge on any atom is -0.494 e. The molecule has 27 heavy (non-hydrogen) atoms. The number of hydrogen-bond acceptors (Lipinski definition) is 5. The van der Waals surface area contributed by atoms with Gasteiger partial charge >= 0.3 is 0 Å². The Morgan fingerprint density at radius 3 is 2.48 bits per heavy atom. The lowest BCUT2D eigenvalue weighted by Gasteiger charge is -2.36. The Balaban J connectivity index is 1.65. The van der Waals surface area contributed by atoms with Crippen LogP contribution in [0.3, 0.4) is 0 Å². The minimum atomic E-state index is -0.755. The van der Waals surface area contributed by atoms with Gasteiger partial charge in [0.25, 0.3) is 5.69 Å². The third-order valence-corrected chi connectivity index (χ3v) is 5.61. The fourth-order valence-corrected chi connectivity index (χ4v) is 4.05.